The Morgan fingerprint density at radius 2 is 1.90 bits per heavy atom. The van der Waals surface area contributed by atoms with Gasteiger partial charge in [0.2, 0.25) is 0 Å². The first kappa shape index (κ1) is 18.8. The number of hydrogen-bond donors (Lipinski definition) is 1. The molecule has 4 rings (SSSR count). The van der Waals surface area contributed by atoms with E-state index < -0.39 is 0 Å². The number of carbonyl (C=O) groups excluding carboxylic acids is 1. The van der Waals surface area contributed by atoms with Crippen LogP contribution in [0.1, 0.15) is 29.9 Å². The van der Waals surface area contributed by atoms with Gasteiger partial charge in [-0.2, -0.15) is 0 Å². The number of benzene rings is 1. The van der Waals surface area contributed by atoms with E-state index in [4.69, 9.17) is 4.98 Å². The van der Waals surface area contributed by atoms with Crippen LogP contribution >= 0.6 is 0 Å². The summed E-state index contributed by atoms with van der Waals surface area (Å²) in [6.07, 6.45) is 3.50. The van der Waals surface area contributed by atoms with E-state index in [1.807, 2.05) is 54.6 Å². The van der Waals surface area contributed by atoms with Gasteiger partial charge >= 0.3 is 0 Å². The van der Waals surface area contributed by atoms with Crippen molar-refractivity contribution in [1.82, 2.24) is 24.8 Å². The summed E-state index contributed by atoms with van der Waals surface area (Å²) in [6, 6.07) is 17.1. The fourth-order valence-corrected chi connectivity index (χ4v) is 3.29. The number of hydrogen-bond acceptors (Lipinski definition) is 4. The van der Waals surface area contributed by atoms with E-state index in [9.17, 15) is 4.79 Å². The van der Waals surface area contributed by atoms with Crippen molar-refractivity contribution in [3.05, 3.63) is 78.2 Å². The second-order valence-corrected chi connectivity index (χ2v) is 7.37. The smallest absolute Gasteiger partial charge is 0.251 e. The van der Waals surface area contributed by atoms with Gasteiger partial charge in [-0.1, -0.05) is 32.0 Å². The highest BCUT2D eigenvalue weighted by atomic mass is 16.1. The Kier molecular flexibility index (Phi) is 5.33. The van der Waals surface area contributed by atoms with Crippen LogP contribution in [-0.4, -0.2) is 25.4 Å². The first-order valence-corrected chi connectivity index (χ1v) is 9.71. The maximum Gasteiger partial charge on any atom is 0.251 e. The predicted octanol–water partition coefficient (Wildman–Crippen LogP) is 4.08. The van der Waals surface area contributed by atoms with Crippen molar-refractivity contribution in [2.75, 3.05) is 0 Å². The molecule has 0 atom stereocenters. The second-order valence-electron chi connectivity index (χ2n) is 7.37. The maximum atomic E-state index is 12.7. The molecular formula is C23H23N5O. The van der Waals surface area contributed by atoms with Crippen molar-refractivity contribution < 1.29 is 4.79 Å². The van der Waals surface area contributed by atoms with Crippen molar-refractivity contribution in [3.63, 3.8) is 0 Å². The number of rotatable bonds is 6. The normalized spacial score (nSPS) is 11.1. The molecule has 0 unspecified atom stereocenters. The Hall–Kier alpha value is -3.54. The molecule has 1 N–H and O–H groups in total. The number of imidazole rings is 1. The zero-order valence-electron chi connectivity index (χ0n) is 16.5. The summed E-state index contributed by atoms with van der Waals surface area (Å²) in [6.45, 7) is 5.53. The number of carbonyl (C=O) groups is 1. The number of pyridine rings is 2. The van der Waals surface area contributed by atoms with Crippen LogP contribution in [0.5, 0.6) is 0 Å². The van der Waals surface area contributed by atoms with Crippen molar-refractivity contribution in [2.24, 2.45) is 5.92 Å². The van der Waals surface area contributed by atoms with Crippen LogP contribution in [0.25, 0.3) is 22.6 Å². The molecule has 4 aromatic rings. The summed E-state index contributed by atoms with van der Waals surface area (Å²) >= 11 is 0. The zero-order valence-corrected chi connectivity index (χ0v) is 16.5. The van der Waals surface area contributed by atoms with Crippen molar-refractivity contribution in [3.8, 4) is 11.4 Å². The van der Waals surface area contributed by atoms with Crippen LogP contribution in [0.4, 0.5) is 0 Å². The average molecular weight is 385 g/mol. The van der Waals surface area contributed by atoms with Gasteiger partial charge < -0.3 is 9.88 Å². The number of amides is 1. The molecule has 1 amide bonds. The molecule has 0 radical (unpaired) electrons. The van der Waals surface area contributed by atoms with E-state index in [1.165, 1.54) is 0 Å². The minimum absolute atomic E-state index is 0.137. The van der Waals surface area contributed by atoms with Crippen molar-refractivity contribution in [1.29, 1.82) is 0 Å². The molecule has 0 saturated heterocycles. The van der Waals surface area contributed by atoms with Gasteiger partial charge in [0, 0.05) is 30.1 Å². The van der Waals surface area contributed by atoms with Gasteiger partial charge in [0.05, 0.1) is 12.2 Å². The van der Waals surface area contributed by atoms with Crippen LogP contribution in [0.15, 0.2) is 67.0 Å². The third-order valence-electron chi connectivity index (χ3n) is 4.59. The molecule has 146 valence electrons. The average Bonchev–Trinajstić information content (AvgIpc) is 3.11. The first-order chi connectivity index (χ1) is 14.1. The molecule has 0 aliphatic heterocycles. The topological polar surface area (TPSA) is 72.7 Å². The van der Waals surface area contributed by atoms with Crippen LogP contribution in [0.3, 0.4) is 0 Å². The highest BCUT2D eigenvalue weighted by Crippen LogP contribution is 2.25. The molecule has 3 aromatic heterocycles. The lowest BCUT2D eigenvalue weighted by molar-refractivity contribution is 0.0950. The van der Waals surface area contributed by atoms with E-state index in [1.54, 1.807) is 12.4 Å². The Labute approximate surface area is 169 Å². The lowest BCUT2D eigenvalue weighted by Gasteiger charge is -2.12. The fraction of sp³-hybridized carbons (Fsp3) is 0.217. The lowest BCUT2D eigenvalue weighted by Crippen LogP contribution is -2.23. The Morgan fingerprint density at radius 1 is 1.03 bits per heavy atom. The molecule has 0 spiro atoms. The Morgan fingerprint density at radius 3 is 2.69 bits per heavy atom. The molecule has 6 nitrogen and oxygen atoms in total. The standard InChI is InChI=1S/C23H23N5O/c1-16(2)15-28-21(27-20-10-6-12-25-22(20)28)17-7-5-8-18(13-17)23(29)26-14-19-9-3-4-11-24-19/h3-13,16H,14-15H2,1-2H3,(H,26,29). The van der Waals surface area contributed by atoms with Gasteiger partial charge in [0.25, 0.3) is 5.91 Å². The summed E-state index contributed by atoms with van der Waals surface area (Å²) in [4.78, 5) is 26.2. The van der Waals surface area contributed by atoms with E-state index in [0.717, 1.165) is 34.8 Å². The van der Waals surface area contributed by atoms with E-state index in [2.05, 4.69) is 33.7 Å². The Bertz CT molecular complexity index is 1130. The van der Waals surface area contributed by atoms with Gasteiger partial charge in [-0.05, 0) is 42.3 Å². The molecule has 0 aliphatic carbocycles. The third-order valence-corrected chi connectivity index (χ3v) is 4.59. The molecule has 0 bridgehead atoms. The second kappa shape index (κ2) is 8.22. The fourth-order valence-electron chi connectivity index (χ4n) is 3.29. The van der Waals surface area contributed by atoms with Gasteiger partial charge in [0.15, 0.2) is 5.65 Å². The SMILES string of the molecule is CC(C)Cn1c(-c2cccc(C(=O)NCc3ccccn3)c2)nc2cccnc21. The zero-order chi connectivity index (χ0) is 20.2. The molecule has 6 heteroatoms. The summed E-state index contributed by atoms with van der Waals surface area (Å²) in [5, 5.41) is 2.93. The highest BCUT2D eigenvalue weighted by molar-refractivity contribution is 5.95. The van der Waals surface area contributed by atoms with Crippen LogP contribution in [0, 0.1) is 5.92 Å². The highest BCUT2D eigenvalue weighted by Gasteiger charge is 2.16. The number of nitrogens with zero attached hydrogens (tertiary/aromatic N) is 4. The summed E-state index contributed by atoms with van der Waals surface area (Å²) in [5.41, 5.74) is 4.03. The van der Waals surface area contributed by atoms with E-state index in [0.29, 0.717) is 18.0 Å². The van der Waals surface area contributed by atoms with E-state index >= 15 is 0 Å². The molecule has 0 saturated carbocycles. The van der Waals surface area contributed by atoms with E-state index in [-0.39, 0.29) is 5.91 Å². The maximum absolute atomic E-state index is 12.7. The molecular weight excluding hydrogens is 362 g/mol. The summed E-state index contributed by atoms with van der Waals surface area (Å²) in [5.74, 6) is 1.13. The van der Waals surface area contributed by atoms with Crippen LogP contribution in [0.2, 0.25) is 0 Å². The van der Waals surface area contributed by atoms with Gasteiger partial charge in [0.1, 0.15) is 11.3 Å². The molecule has 0 aliphatic rings. The molecule has 3 heterocycles. The van der Waals surface area contributed by atoms with Crippen LogP contribution < -0.4 is 5.32 Å². The number of nitrogens with one attached hydrogen (secondary N) is 1. The third kappa shape index (κ3) is 4.16. The molecule has 29 heavy (non-hydrogen) atoms. The van der Waals surface area contributed by atoms with Gasteiger partial charge in [-0.3, -0.25) is 9.78 Å². The first-order valence-electron chi connectivity index (χ1n) is 9.71. The van der Waals surface area contributed by atoms with Crippen molar-refractivity contribution in [2.45, 2.75) is 26.9 Å². The Balaban J connectivity index is 1.64. The monoisotopic (exact) mass is 385 g/mol. The quantitative estimate of drug-likeness (QED) is 0.543. The van der Waals surface area contributed by atoms with Gasteiger partial charge in [-0.25, -0.2) is 9.97 Å². The summed E-state index contributed by atoms with van der Waals surface area (Å²) in [7, 11) is 0. The summed E-state index contributed by atoms with van der Waals surface area (Å²) < 4.78 is 2.13. The lowest BCUT2D eigenvalue weighted by atomic mass is 10.1. The molecule has 0 fully saturated rings. The number of aromatic nitrogens is 4. The number of fused-ring (bicyclic) bond motifs is 1. The minimum Gasteiger partial charge on any atom is -0.346 e. The molecule has 1 aromatic carbocycles. The van der Waals surface area contributed by atoms with Crippen molar-refractivity contribution >= 4 is 17.1 Å². The largest absolute Gasteiger partial charge is 0.346 e. The minimum atomic E-state index is -0.137. The van der Waals surface area contributed by atoms with Crippen LogP contribution in [-0.2, 0) is 13.1 Å². The predicted molar refractivity (Wildman–Crippen MR) is 113 cm³/mol. The van der Waals surface area contributed by atoms with Gasteiger partial charge in [-0.15, -0.1) is 0 Å².